The Kier molecular flexibility index (Phi) is 3.24. The highest BCUT2D eigenvalue weighted by Gasteiger charge is 2.11. The van der Waals surface area contributed by atoms with Gasteiger partial charge in [0, 0.05) is 11.8 Å². The molecule has 20 heavy (non-hydrogen) atoms. The molecule has 0 aliphatic carbocycles. The molecule has 0 spiro atoms. The van der Waals surface area contributed by atoms with E-state index in [0.717, 1.165) is 11.1 Å². The minimum absolute atomic E-state index is 0.197. The second-order valence-electron chi connectivity index (χ2n) is 4.25. The van der Waals surface area contributed by atoms with Crippen LogP contribution < -0.4 is 0 Å². The van der Waals surface area contributed by atoms with Gasteiger partial charge >= 0.3 is 0 Å². The molecule has 0 N–H and O–H groups in total. The number of para-hydroxylation sites is 1. The van der Waals surface area contributed by atoms with Crippen molar-refractivity contribution in [3.05, 3.63) is 71.5 Å². The lowest BCUT2D eigenvalue weighted by Gasteiger charge is -2.05. The summed E-state index contributed by atoms with van der Waals surface area (Å²) in [6.07, 6.45) is 3.23. The van der Waals surface area contributed by atoms with Crippen molar-refractivity contribution in [2.45, 2.75) is 0 Å². The summed E-state index contributed by atoms with van der Waals surface area (Å²) in [4.78, 5) is 0. The maximum atomic E-state index is 13.8. The van der Waals surface area contributed by atoms with Crippen molar-refractivity contribution in [1.29, 1.82) is 0 Å². The molecule has 0 radical (unpaired) electrons. The Labute approximate surface area is 119 Å². The number of nitrogens with zero attached hydrogens (tertiary/aromatic N) is 2. The van der Waals surface area contributed by atoms with Crippen LogP contribution in [-0.2, 0) is 0 Å². The highest BCUT2D eigenvalue weighted by Crippen LogP contribution is 2.25. The maximum Gasteiger partial charge on any atom is 0.150 e. The van der Waals surface area contributed by atoms with E-state index < -0.39 is 5.82 Å². The predicted molar refractivity (Wildman–Crippen MR) is 73.9 cm³/mol. The average Bonchev–Trinajstić information content (AvgIpc) is 2.89. The first-order valence-electron chi connectivity index (χ1n) is 5.90. The van der Waals surface area contributed by atoms with E-state index in [1.54, 1.807) is 30.6 Å². The first-order valence-corrected chi connectivity index (χ1v) is 6.28. The fourth-order valence-corrected chi connectivity index (χ4v) is 2.19. The van der Waals surface area contributed by atoms with Gasteiger partial charge in [0.15, 0.2) is 0 Å². The van der Waals surface area contributed by atoms with Crippen molar-refractivity contribution in [1.82, 2.24) is 9.78 Å². The summed E-state index contributed by atoms with van der Waals surface area (Å²) in [5.74, 6) is -0.760. The molecule has 0 aliphatic heterocycles. The maximum absolute atomic E-state index is 13.8. The number of halogens is 3. The molecule has 0 fully saturated rings. The smallest absolute Gasteiger partial charge is 0.150 e. The lowest BCUT2D eigenvalue weighted by molar-refractivity contribution is 0.611. The minimum Gasteiger partial charge on any atom is -0.236 e. The van der Waals surface area contributed by atoms with Gasteiger partial charge in [-0.05, 0) is 29.8 Å². The topological polar surface area (TPSA) is 17.8 Å². The summed E-state index contributed by atoms with van der Waals surface area (Å²) in [5.41, 5.74) is 1.75. The van der Waals surface area contributed by atoms with Crippen LogP contribution in [0.4, 0.5) is 8.78 Å². The van der Waals surface area contributed by atoms with E-state index in [-0.39, 0.29) is 16.5 Å². The third-order valence-electron chi connectivity index (χ3n) is 2.93. The van der Waals surface area contributed by atoms with Crippen LogP contribution >= 0.6 is 11.6 Å². The van der Waals surface area contributed by atoms with Gasteiger partial charge in [-0.25, -0.2) is 13.5 Å². The Balaban J connectivity index is 2.04. The van der Waals surface area contributed by atoms with Crippen LogP contribution in [0.5, 0.6) is 0 Å². The lowest BCUT2D eigenvalue weighted by Crippen LogP contribution is -1.98. The number of rotatable bonds is 2. The number of hydrogen-bond acceptors (Lipinski definition) is 1. The van der Waals surface area contributed by atoms with Gasteiger partial charge in [0.25, 0.3) is 0 Å². The van der Waals surface area contributed by atoms with Crippen LogP contribution in [0.15, 0.2) is 54.9 Å². The number of hydrogen-bond donors (Lipinski definition) is 0. The van der Waals surface area contributed by atoms with Gasteiger partial charge in [-0.2, -0.15) is 5.10 Å². The molecule has 3 aromatic rings. The first-order chi connectivity index (χ1) is 9.65. The Morgan fingerprint density at radius 3 is 2.40 bits per heavy atom. The summed E-state index contributed by atoms with van der Waals surface area (Å²) >= 11 is 5.99. The summed E-state index contributed by atoms with van der Waals surface area (Å²) in [7, 11) is 0. The molecule has 0 saturated heterocycles. The van der Waals surface area contributed by atoms with Crippen molar-refractivity contribution < 1.29 is 8.78 Å². The number of aromatic nitrogens is 2. The van der Waals surface area contributed by atoms with E-state index in [0.29, 0.717) is 0 Å². The first kappa shape index (κ1) is 12.8. The van der Waals surface area contributed by atoms with Gasteiger partial charge in [-0.3, -0.25) is 0 Å². The van der Waals surface area contributed by atoms with E-state index in [1.807, 2.05) is 0 Å². The van der Waals surface area contributed by atoms with Crippen LogP contribution in [0.25, 0.3) is 16.8 Å². The molecule has 1 aromatic heterocycles. The van der Waals surface area contributed by atoms with Crippen molar-refractivity contribution >= 4 is 11.6 Å². The molecule has 0 aliphatic rings. The van der Waals surface area contributed by atoms with E-state index in [2.05, 4.69) is 5.10 Å². The fourth-order valence-electron chi connectivity index (χ4n) is 1.94. The second kappa shape index (κ2) is 5.06. The molecular formula is C15H9ClF2N2. The summed E-state index contributed by atoms with van der Waals surface area (Å²) in [6.45, 7) is 0. The molecule has 3 rings (SSSR count). The molecular weight excluding hydrogens is 282 g/mol. The molecule has 2 aromatic carbocycles. The third kappa shape index (κ3) is 2.30. The standard InChI is InChI=1S/C15H9ClF2N2/c16-13-2-1-3-14(18)15(13)20-9-11(8-19-20)10-4-6-12(17)7-5-10/h1-9H. The molecule has 0 unspecified atom stereocenters. The zero-order chi connectivity index (χ0) is 14.1. The Bertz CT molecular complexity index is 731. The number of benzene rings is 2. The molecule has 1 heterocycles. The van der Waals surface area contributed by atoms with Crippen LogP contribution in [0.3, 0.4) is 0 Å². The quantitative estimate of drug-likeness (QED) is 0.681. The third-order valence-corrected chi connectivity index (χ3v) is 3.23. The van der Waals surface area contributed by atoms with E-state index in [9.17, 15) is 8.78 Å². The summed E-state index contributed by atoms with van der Waals surface area (Å²) in [6, 6.07) is 10.5. The van der Waals surface area contributed by atoms with Gasteiger partial charge in [0.05, 0.1) is 11.2 Å². The van der Waals surface area contributed by atoms with Gasteiger partial charge in [0.1, 0.15) is 17.3 Å². The Hall–Kier alpha value is -2.20. The molecule has 5 heteroatoms. The molecule has 0 amide bonds. The summed E-state index contributed by atoms with van der Waals surface area (Å²) < 4.78 is 28.1. The molecule has 0 saturated carbocycles. The van der Waals surface area contributed by atoms with E-state index >= 15 is 0 Å². The van der Waals surface area contributed by atoms with Gasteiger partial charge < -0.3 is 0 Å². The van der Waals surface area contributed by atoms with Gasteiger partial charge in [-0.15, -0.1) is 0 Å². The average molecular weight is 291 g/mol. The zero-order valence-corrected chi connectivity index (χ0v) is 11.0. The van der Waals surface area contributed by atoms with Crippen LogP contribution in [-0.4, -0.2) is 9.78 Å². The van der Waals surface area contributed by atoms with Crippen molar-refractivity contribution in [3.8, 4) is 16.8 Å². The Morgan fingerprint density at radius 1 is 0.950 bits per heavy atom. The van der Waals surface area contributed by atoms with E-state index in [1.165, 1.54) is 28.9 Å². The predicted octanol–water partition coefficient (Wildman–Crippen LogP) is 4.47. The minimum atomic E-state index is -0.453. The second-order valence-corrected chi connectivity index (χ2v) is 4.66. The van der Waals surface area contributed by atoms with Crippen LogP contribution in [0, 0.1) is 11.6 Å². The molecule has 0 atom stereocenters. The Morgan fingerprint density at radius 2 is 1.70 bits per heavy atom. The normalized spacial score (nSPS) is 10.8. The fraction of sp³-hybridized carbons (Fsp3) is 0. The van der Waals surface area contributed by atoms with Crippen molar-refractivity contribution in [3.63, 3.8) is 0 Å². The van der Waals surface area contributed by atoms with Gasteiger partial charge in [-0.1, -0.05) is 29.8 Å². The van der Waals surface area contributed by atoms with Crippen LogP contribution in [0.2, 0.25) is 5.02 Å². The lowest BCUT2D eigenvalue weighted by atomic mass is 10.1. The molecule has 100 valence electrons. The van der Waals surface area contributed by atoms with E-state index in [4.69, 9.17) is 11.6 Å². The highest BCUT2D eigenvalue weighted by atomic mass is 35.5. The monoisotopic (exact) mass is 290 g/mol. The van der Waals surface area contributed by atoms with Gasteiger partial charge in [0.2, 0.25) is 0 Å². The zero-order valence-electron chi connectivity index (χ0n) is 10.2. The van der Waals surface area contributed by atoms with Crippen LogP contribution in [0.1, 0.15) is 0 Å². The molecule has 0 bridgehead atoms. The summed E-state index contributed by atoms with van der Waals surface area (Å²) in [5, 5.41) is 4.38. The largest absolute Gasteiger partial charge is 0.236 e. The van der Waals surface area contributed by atoms with Crippen molar-refractivity contribution in [2.24, 2.45) is 0 Å². The molecule has 2 nitrogen and oxygen atoms in total. The highest BCUT2D eigenvalue weighted by molar-refractivity contribution is 6.32. The van der Waals surface area contributed by atoms with Crippen molar-refractivity contribution in [2.75, 3.05) is 0 Å². The SMILES string of the molecule is Fc1ccc(-c2cnn(-c3c(F)cccc3Cl)c2)cc1.